The third-order valence-corrected chi connectivity index (χ3v) is 4.47. The molecular formula is C12H15N3O2S. The highest BCUT2D eigenvalue weighted by Gasteiger charge is 2.26. The zero-order valence-corrected chi connectivity index (χ0v) is 10.9. The maximum Gasteiger partial charge on any atom is 0.240 e. The van der Waals surface area contributed by atoms with Gasteiger partial charge < -0.3 is 4.90 Å². The van der Waals surface area contributed by atoms with Gasteiger partial charge in [-0.2, -0.15) is 5.26 Å². The first kappa shape index (κ1) is 12.9. The second kappa shape index (κ2) is 4.96. The van der Waals surface area contributed by atoms with E-state index < -0.39 is 10.0 Å². The summed E-state index contributed by atoms with van der Waals surface area (Å²) in [4.78, 5) is 1.83. The van der Waals surface area contributed by atoms with Crippen LogP contribution in [0.2, 0.25) is 0 Å². The minimum Gasteiger partial charge on any atom is -0.309 e. The van der Waals surface area contributed by atoms with E-state index in [2.05, 4.69) is 4.72 Å². The molecule has 0 aromatic heterocycles. The molecule has 0 radical (unpaired) electrons. The Morgan fingerprint density at radius 2 is 2.28 bits per heavy atom. The molecule has 1 saturated heterocycles. The third-order valence-electron chi connectivity index (χ3n) is 2.95. The maximum atomic E-state index is 12.1. The van der Waals surface area contributed by atoms with Crippen LogP contribution in [0.5, 0.6) is 0 Å². The van der Waals surface area contributed by atoms with Crippen LogP contribution in [0.3, 0.4) is 0 Å². The number of hydrogen-bond acceptors (Lipinski definition) is 4. The molecule has 1 atom stereocenters. The Morgan fingerprint density at radius 1 is 1.50 bits per heavy atom. The van der Waals surface area contributed by atoms with Crippen LogP contribution in [-0.4, -0.2) is 32.4 Å². The van der Waals surface area contributed by atoms with Crippen LogP contribution in [0.4, 0.5) is 0 Å². The quantitative estimate of drug-likeness (QED) is 0.822. The molecule has 1 heterocycles. The fourth-order valence-corrected chi connectivity index (χ4v) is 3.38. The molecule has 0 saturated carbocycles. The molecule has 1 aliphatic rings. The summed E-state index contributed by atoms with van der Waals surface area (Å²) in [7, 11) is -3.48. The monoisotopic (exact) mass is 265 g/mol. The van der Waals surface area contributed by atoms with Gasteiger partial charge in [0.2, 0.25) is 10.0 Å². The maximum absolute atomic E-state index is 12.1. The summed E-state index contributed by atoms with van der Waals surface area (Å²) >= 11 is 0. The number of nitrogens with zero attached hydrogens (tertiary/aromatic N) is 2. The van der Waals surface area contributed by atoms with Crippen LogP contribution in [0, 0.1) is 18.4 Å². The number of likely N-dealkylation sites (tertiary alicyclic amines) is 1. The summed E-state index contributed by atoms with van der Waals surface area (Å²) in [6.07, 6.45) is 2.69. The predicted molar refractivity (Wildman–Crippen MR) is 67.1 cm³/mol. The van der Waals surface area contributed by atoms with Crippen molar-refractivity contribution in [3.8, 4) is 6.19 Å². The first-order chi connectivity index (χ1) is 8.51. The number of aryl methyl sites for hydroxylation is 1. The Hall–Kier alpha value is -1.58. The number of nitrogens with one attached hydrogen (secondary N) is 1. The number of sulfonamides is 1. The van der Waals surface area contributed by atoms with Crippen molar-refractivity contribution in [2.24, 2.45) is 0 Å². The SMILES string of the molecule is Cc1cccc(S(=O)(=O)NC2CCN(C#N)C2)c1. The molecule has 0 bridgehead atoms. The van der Waals surface area contributed by atoms with Gasteiger partial charge in [0.15, 0.2) is 6.19 Å². The molecule has 1 unspecified atom stereocenters. The summed E-state index contributed by atoms with van der Waals surface area (Å²) in [5.41, 5.74) is 0.906. The molecule has 6 heteroatoms. The molecule has 1 N–H and O–H groups in total. The van der Waals surface area contributed by atoms with E-state index >= 15 is 0 Å². The lowest BCUT2D eigenvalue weighted by atomic mass is 10.2. The van der Waals surface area contributed by atoms with Gasteiger partial charge >= 0.3 is 0 Å². The number of nitriles is 1. The van der Waals surface area contributed by atoms with Crippen molar-refractivity contribution >= 4 is 10.0 Å². The van der Waals surface area contributed by atoms with E-state index in [1.54, 1.807) is 23.1 Å². The molecular weight excluding hydrogens is 250 g/mol. The van der Waals surface area contributed by atoms with Crippen LogP contribution >= 0.6 is 0 Å². The van der Waals surface area contributed by atoms with Gasteiger partial charge in [0, 0.05) is 19.1 Å². The first-order valence-corrected chi connectivity index (χ1v) is 7.23. The van der Waals surface area contributed by atoms with Gasteiger partial charge in [-0.25, -0.2) is 13.1 Å². The predicted octanol–water partition coefficient (Wildman–Crippen LogP) is 0.829. The molecule has 18 heavy (non-hydrogen) atoms. The van der Waals surface area contributed by atoms with Crippen molar-refractivity contribution in [2.45, 2.75) is 24.3 Å². The lowest BCUT2D eigenvalue weighted by Gasteiger charge is -2.13. The zero-order valence-electron chi connectivity index (χ0n) is 10.1. The van der Waals surface area contributed by atoms with E-state index in [1.807, 2.05) is 19.2 Å². The highest BCUT2D eigenvalue weighted by atomic mass is 32.2. The summed E-state index contributed by atoms with van der Waals surface area (Å²) in [5.74, 6) is 0. The van der Waals surface area contributed by atoms with Crippen molar-refractivity contribution in [1.29, 1.82) is 5.26 Å². The fraction of sp³-hybridized carbons (Fsp3) is 0.417. The number of benzene rings is 1. The molecule has 96 valence electrons. The summed E-state index contributed by atoms with van der Waals surface area (Å²) in [5, 5.41) is 8.73. The molecule has 0 spiro atoms. The van der Waals surface area contributed by atoms with Gasteiger partial charge in [-0.3, -0.25) is 0 Å². The van der Waals surface area contributed by atoms with E-state index in [0.29, 0.717) is 19.5 Å². The van der Waals surface area contributed by atoms with Crippen molar-refractivity contribution in [2.75, 3.05) is 13.1 Å². The standard InChI is InChI=1S/C12H15N3O2S/c1-10-3-2-4-12(7-10)18(16,17)14-11-5-6-15(8-11)9-13/h2-4,7,11,14H,5-6,8H2,1H3. The Labute approximate surface area is 107 Å². The lowest BCUT2D eigenvalue weighted by Crippen LogP contribution is -2.36. The molecule has 1 aromatic rings. The van der Waals surface area contributed by atoms with Gasteiger partial charge in [0.25, 0.3) is 0 Å². The second-order valence-corrected chi connectivity index (χ2v) is 6.18. The Morgan fingerprint density at radius 3 is 2.89 bits per heavy atom. The van der Waals surface area contributed by atoms with E-state index in [-0.39, 0.29) is 10.9 Å². The fourth-order valence-electron chi connectivity index (χ4n) is 2.02. The normalized spacial score (nSPS) is 19.8. The van der Waals surface area contributed by atoms with Crippen molar-refractivity contribution in [1.82, 2.24) is 9.62 Å². The minimum atomic E-state index is -3.48. The smallest absolute Gasteiger partial charge is 0.240 e. The third kappa shape index (κ3) is 2.81. The second-order valence-electron chi connectivity index (χ2n) is 4.47. The van der Waals surface area contributed by atoms with E-state index in [9.17, 15) is 8.42 Å². The van der Waals surface area contributed by atoms with Crippen LogP contribution in [0.25, 0.3) is 0 Å². The molecule has 1 aromatic carbocycles. The first-order valence-electron chi connectivity index (χ1n) is 5.75. The average Bonchev–Trinajstić information content (AvgIpc) is 2.76. The van der Waals surface area contributed by atoms with Crippen LogP contribution in [0.1, 0.15) is 12.0 Å². The highest BCUT2D eigenvalue weighted by molar-refractivity contribution is 7.89. The van der Waals surface area contributed by atoms with Crippen LogP contribution in [-0.2, 0) is 10.0 Å². The van der Waals surface area contributed by atoms with E-state index in [0.717, 1.165) is 5.56 Å². The van der Waals surface area contributed by atoms with Crippen molar-refractivity contribution in [3.05, 3.63) is 29.8 Å². The summed E-state index contributed by atoms with van der Waals surface area (Å²) in [6, 6.07) is 6.60. The zero-order chi connectivity index (χ0) is 13.2. The number of rotatable bonds is 3. The number of hydrogen-bond donors (Lipinski definition) is 1. The van der Waals surface area contributed by atoms with Gasteiger partial charge in [-0.1, -0.05) is 12.1 Å². The van der Waals surface area contributed by atoms with Crippen LogP contribution in [0.15, 0.2) is 29.2 Å². The Kier molecular flexibility index (Phi) is 3.55. The summed E-state index contributed by atoms with van der Waals surface area (Å²) < 4.78 is 26.9. The van der Waals surface area contributed by atoms with Crippen LogP contribution < -0.4 is 4.72 Å². The van der Waals surface area contributed by atoms with E-state index in [1.165, 1.54) is 0 Å². The van der Waals surface area contributed by atoms with Crippen molar-refractivity contribution in [3.63, 3.8) is 0 Å². The molecule has 0 aliphatic carbocycles. The molecule has 0 amide bonds. The van der Waals surface area contributed by atoms with E-state index in [4.69, 9.17) is 5.26 Å². The van der Waals surface area contributed by atoms with Gasteiger partial charge in [-0.15, -0.1) is 0 Å². The molecule has 1 fully saturated rings. The highest BCUT2D eigenvalue weighted by Crippen LogP contribution is 2.14. The van der Waals surface area contributed by atoms with Gasteiger partial charge in [-0.05, 0) is 31.0 Å². The average molecular weight is 265 g/mol. The molecule has 2 rings (SSSR count). The largest absolute Gasteiger partial charge is 0.309 e. The lowest BCUT2D eigenvalue weighted by molar-refractivity contribution is 0.470. The topological polar surface area (TPSA) is 73.2 Å². The molecule has 5 nitrogen and oxygen atoms in total. The summed E-state index contributed by atoms with van der Waals surface area (Å²) in [6.45, 7) is 2.91. The Balaban J connectivity index is 2.12. The van der Waals surface area contributed by atoms with Gasteiger partial charge in [0.1, 0.15) is 0 Å². The van der Waals surface area contributed by atoms with Crippen molar-refractivity contribution < 1.29 is 8.42 Å². The minimum absolute atomic E-state index is 0.185. The Bertz CT molecular complexity index is 577. The molecule has 1 aliphatic heterocycles. The van der Waals surface area contributed by atoms with Gasteiger partial charge in [0.05, 0.1) is 4.90 Å².